The summed E-state index contributed by atoms with van der Waals surface area (Å²) in [4.78, 5) is 18.6. The monoisotopic (exact) mass is 257 g/mol. The van der Waals surface area contributed by atoms with Crippen molar-refractivity contribution in [2.24, 2.45) is 0 Å². The Morgan fingerprint density at radius 3 is 2.58 bits per heavy atom. The number of nitrogens with zero attached hydrogens (tertiary/aromatic N) is 2. The molecule has 0 bridgehead atoms. The maximum atomic E-state index is 12.6. The molecule has 19 heavy (non-hydrogen) atoms. The zero-order valence-electron chi connectivity index (χ0n) is 11.2. The van der Waals surface area contributed by atoms with Gasteiger partial charge < -0.3 is 10.2 Å². The van der Waals surface area contributed by atoms with Crippen LogP contribution in [0.4, 0.5) is 0 Å². The minimum atomic E-state index is 0.204. The number of amides is 1. The highest BCUT2D eigenvalue weighted by molar-refractivity contribution is 5.94. The molecule has 2 heterocycles. The van der Waals surface area contributed by atoms with Crippen LogP contribution in [0.3, 0.4) is 0 Å². The Morgan fingerprint density at radius 2 is 2.05 bits per heavy atom. The third-order valence-corrected chi connectivity index (χ3v) is 3.88. The van der Waals surface area contributed by atoms with Gasteiger partial charge in [-0.2, -0.15) is 0 Å². The van der Waals surface area contributed by atoms with Gasteiger partial charge >= 0.3 is 0 Å². The molecule has 1 aliphatic carbocycles. The highest BCUT2D eigenvalue weighted by Crippen LogP contribution is 2.30. The summed E-state index contributed by atoms with van der Waals surface area (Å²) in [5.74, 6) is 0.204. The summed E-state index contributed by atoms with van der Waals surface area (Å²) < 4.78 is 0. The number of nitrogens with one attached hydrogen (secondary N) is 1. The summed E-state index contributed by atoms with van der Waals surface area (Å²) in [6, 6.07) is 4.40. The summed E-state index contributed by atoms with van der Waals surface area (Å²) in [6.45, 7) is 4.39. The van der Waals surface area contributed by atoms with Gasteiger partial charge in [-0.25, -0.2) is 0 Å². The van der Waals surface area contributed by atoms with Gasteiger partial charge in [-0.3, -0.25) is 9.78 Å². The average Bonchev–Trinajstić information content (AvgIpc) is 3.18. The topological polar surface area (TPSA) is 45.2 Å². The van der Waals surface area contributed by atoms with E-state index >= 15 is 0 Å². The molecule has 3 rings (SSSR count). The van der Waals surface area contributed by atoms with Crippen molar-refractivity contribution < 1.29 is 4.79 Å². The van der Waals surface area contributed by atoms with E-state index in [9.17, 15) is 4.79 Å². The standard InChI is InChI=1S/C15H19N3O/c1-11(13-8-17-9-13)15(19)18(14-2-3-14)10-12-4-6-16-7-5-12/h4-7,14,17H,2-3,8-10H2,1H3. The van der Waals surface area contributed by atoms with Crippen molar-refractivity contribution in [1.29, 1.82) is 0 Å². The first-order chi connectivity index (χ1) is 9.25. The lowest BCUT2D eigenvalue weighted by molar-refractivity contribution is -0.128. The quantitative estimate of drug-likeness (QED) is 0.831. The fourth-order valence-corrected chi connectivity index (χ4v) is 2.32. The molecule has 4 heteroatoms. The summed E-state index contributed by atoms with van der Waals surface area (Å²) >= 11 is 0. The minimum Gasteiger partial charge on any atom is -0.332 e. The molecular formula is C15H19N3O. The fraction of sp³-hybridized carbons (Fsp3) is 0.467. The van der Waals surface area contributed by atoms with Crippen molar-refractivity contribution in [1.82, 2.24) is 15.2 Å². The average molecular weight is 257 g/mol. The van der Waals surface area contributed by atoms with E-state index in [1.165, 1.54) is 5.57 Å². The molecule has 2 aliphatic rings. The van der Waals surface area contributed by atoms with Crippen LogP contribution in [-0.4, -0.2) is 34.9 Å². The number of hydrogen-bond donors (Lipinski definition) is 1. The van der Waals surface area contributed by atoms with Gasteiger partial charge in [0.2, 0.25) is 5.91 Å². The third-order valence-electron chi connectivity index (χ3n) is 3.88. The predicted molar refractivity (Wildman–Crippen MR) is 73.4 cm³/mol. The van der Waals surface area contributed by atoms with Gasteiger partial charge in [0, 0.05) is 43.6 Å². The van der Waals surface area contributed by atoms with Crippen LogP contribution in [-0.2, 0) is 11.3 Å². The van der Waals surface area contributed by atoms with Gasteiger partial charge in [0.25, 0.3) is 0 Å². The number of hydrogen-bond acceptors (Lipinski definition) is 3. The SMILES string of the molecule is CC(C(=O)N(Cc1ccncc1)C1CC1)=C1CNC1. The second kappa shape index (κ2) is 5.13. The Balaban J connectivity index is 1.76. The van der Waals surface area contributed by atoms with E-state index in [4.69, 9.17) is 0 Å². The van der Waals surface area contributed by atoms with Crippen LogP contribution >= 0.6 is 0 Å². The first-order valence-electron chi connectivity index (χ1n) is 6.85. The van der Waals surface area contributed by atoms with Crippen LogP contribution in [0.1, 0.15) is 25.3 Å². The largest absolute Gasteiger partial charge is 0.332 e. The lowest BCUT2D eigenvalue weighted by Crippen LogP contribution is -2.39. The van der Waals surface area contributed by atoms with Gasteiger partial charge in [0.15, 0.2) is 0 Å². The Labute approximate surface area is 113 Å². The molecular weight excluding hydrogens is 238 g/mol. The van der Waals surface area contributed by atoms with Crippen LogP contribution in [0.15, 0.2) is 35.7 Å². The molecule has 1 aromatic rings. The number of pyridine rings is 1. The smallest absolute Gasteiger partial charge is 0.250 e. The van der Waals surface area contributed by atoms with Crippen LogP contribution in [0, 0.1) is 0 Å². The Morgan fingerprint density at radius 1 is 1.37 bits per heavy atom. The molecule has 4 nitrogen and oxygen atoms in total. The third kappa shape index (κ3) is 2.68. The van der Waals surface area contributed by atoms with E-state index in [0.29, 0.717) is 12.6 Å². The highest BCUT2D eigenvalue weighted by Gasteiger charge is 2.34. The second-order valence-corrected chi connectivity index (χ2v) is 5.35. The molecule has 1 saturated carbocycles. The van der Waals surface area contributed by atoms with Gasteiger partial charge in [-0.1, -0.05) is 0 Å². The number of rotatable bonds is 4. The maximum absolute atomic E-state index is 12.6. The summed E-state index contributed by atoms with van der Waals surface area (Å²) in [6.07, 6.45) is 5.84. The van der Waals surface area contributed by atoms with Crippen molar-refractivity contribution in [3.8, 4) is 0 Å². The number of carbonyl (C=O) groups excluding carboxylic acids is 1. The molecule has 0 spiro atoms. The zero-order chi connectivity index (χ0) is 13.2. The first kappa shape index (κ1) is 12.4. The molecule has 1 N–H and O–H groups in total. The van der Waals surface area contributed by atoms with E-state index < -0.39 is 0 Å². The Hall–Kier alpha value is -1.68. The molecule has 0 atom stereocenters. The molecule has 0 radical (unpaired) electrons. The molecule has 2 fully saturated rings. The van der Waals surface area contributed by atoms with Crippen LogP contribution in [0.5, 0.6) is 0 Å². The van der Waals surface area contributed by atoms with Crippen molar-refractivity contribution in [2.75, 3.05) is 13.1 Å². The summed E-state index contributed by atoms with van der Waals surface area (Å²) in [7, 11) is 0. The lowest BCUT2D eigenvalue weighted by Gasteiger charge is -2.27. The zero-order valence-corrected chi connectivity index (χ0v) is 11.2. The van der Waals surface area contributed by atoms with Gasteiger partial charge in [-0.15, -0.1) is 0 Å². The fourth-order valence-electron chi connectivity index (χ4n) is 2.32. The maximum Gasteiger partial charge on any atom is 0.250 e. The van der Waals surface area contributed by atoms with Gasteiger partial charge in [-0.05, 0) is 43.0 Å². The lowest BCUT2D eigenvalue weighted by atomic mass is 10.0. The van der Waals surface area contributed by atoms with Crippen molar-refractivity contribution >= 4 is 5.91 Å². The van der Waals surface area contributed by atoms with Crippen molar-refractivity contribution in [2.45, 2.75) is 32.4 Å². The van der Waals surface area contributed by atoms with Crippen LogP contribution in [0.25, 0.3) is 0 Å². The molecule has 1 aromatic heterocycles. The number of carbonyl (C=O) groups is 1. The van der Waals surface area contributed by atoms with Gasteiger partial charge in [0.1, 0.15) is 0 Å². The van der Waals surface area contributed by atoms with E-state index in [2.05, 4.69) is 10.3 Å². The van der Waals surface area contributed by atoms with Gasteiger partial charge in [0.05, 0.1) is 0 Å². The van der Waals surface area contributed by atoms with E-state index in [0.717, 1.165) is 37.1 Å². The van der Waals surface area contributed by atoms with Crippen LogP contribution < -0.4 is 5.32 Å². The summed E-state index contributed by atoms with van der Waals surface area (Å²) in [5.41, 5.74) is 3.34. The molecule has 1 saturated heterocycles. The van der Waals surface area contributed by atoms with Crippen LogP contribution in [0.2, 0.25) is 0 Å². The second-order valence-electron chi connectivity index (χ2n) is 5.35. The van der Waals surface area contributed by atoms with E-state index in [1.54, 1.807) is 12.4 Å². The van der Waals surface area contributed by atoms with E-state index in [-0.39, 0.29) is 5.91 Å². The first-order valence-corrected chi connectivity index (χ1v) is 6.85. The number of aromatic nitrogens is 1. The highest BCUT2D eigenvalue weighted by atomic mass is 16.2. The minimum absolute atomic E-state index is 0.204. The molecule has 1 amide bonds. The van der Waals surface area contributed by atoms with Crippen molar-refractivity contribution in [3.63, 3.8) is 0 Å². The van der Waals surface area contributed by atoms with Crippen molar-refractivity contribution in [3.05, 3.63) is 41.2 Å². The normalized spacial score (nSPS) is 17.8. The molecule has 0 aromatic carbocycles. The van der Waals surface area contributed by atoms with E-state index in [1.807, 2.05) is 24.0 Å². The molecule has 1 aliphatic heterocycles. The summed E-state index contributed by atoms with van der Waals surface area (Å²) in [5, 5.41) is 3.19. The Kier molecular flexibility index (Phi) is 3.34. The molecule has 100 valence electrons. The predicted octanol–water partition coefficient (Wildman–Crippen LogP) is 1.49. The molecule has 0 unspecified atom stereocenters. The Bertz CT molecular complexity index is 499.